The highest BCUT2D eigenvalue weighted by Crippen LogP contribution is 2.38. The molecule has 1 atom stereocenters. The van der Waals surface area contributed by atoms with Gasteiger partial charge in [-0.05, 0) is 31.0 Å². The summed E-state index contributed by atoms with van der Waals surface area (Å²) >= 11 is 1.99. The topological polar surface area (TPSA) is 21.3 Å². The molecule has 0 amide bonds. The molecular weight excluding hydrogens is 230 g/mol. The van der Waals surface area contributed by atoms with Crippen LogP contribution in [-0.2, 0) is 4.74 Å². The van der Waals surface area contributed by atoms with Gasteiger partial charge >= 0.3 is 0 Å². The van der Waals surface area contributed by atoms with Gasteiger partial charge < -0.3 is 10.1 Å². The molecule has 3 heteroatoms. The van der Waals surface area contributed by atoms with Crippen LogP contribution in [-0.4, -0.2) is 32.6 Å². The first-order chi connectivity index (χ1) is 8.42. The molecule has 1 aliphatic rings. The normalized spacial score (nSPS) is 18.3. The lowest BCUT2D eigenvalue weighted by molar-refractivity contribution is 0.192. The van der Waals surface area contributed by atoms with Gasteiger partial charge in [0.15, 0.2) is 0 Å². The molecular formula is C14H21NOS. The van der Waals surface area contributed by atoms with E-state index in [0.29, 0.717) is 5.92 Å². The average Bonchev–Trinajstić information content (AvgIpc) is 2.77. The summed E-state index contributed by atoms with van der Waals surface area (Å²) in [6.45, 7) is 3.09. The Hall–Kier alpha value is -0.510. The second-order valence-corrected chi connectivity index (χ2v) is 5.51. The number of fused-ring (bicyclic) bond motifs is 1. The number of unbranched alkanes of at least 4 members (excludes halogenated alkanes) is 1. The summed E-state index contributed by atoms with van der Waals surface area (Å²) in [6.07, 6.45) is 2.36. The molecule has 0 saturated carbocycles. The summed E-state index contributed by atoms with van der Waals surface area (Å²) in [4.78, 5) is 1.47. The van der Waals surface area contributed by atoms with E-state index in [1.165, 1.54) is 22.6 Å². The third-order valence-electron chi connectivity index (χ3n) is 3.14. The highest BCUT2D eigenvalue weighted by Gasteiger charge is 2.21. The summed E-state index contributed by atoms with van der Waals surface area (Å²) in [5, 5.41) is 3.56. The second-order valence-electron chi connectivity index (χ2n) is 4.45. The van der Waals surface area contributed by atoms with E-state index < -0.39 is 0 Å². The summed E-state index contributed by atoms with van der Waals surface area (Å²) in [5.41, 5.74) is 1.53. The molecule has 2 rings (SSSR count). The fraction of sp³-hybridized carbons (Fsp3) is 0.571. The monoisotopic (exact) mass is 251 g/mol. The van der Waals surface area contributed by atoms with E-state index in [0.717, 1.165) is 26.1 Å². The summed E-state index contributed by atoms with van der Waals surface area (Å²) in [6, 6.07) is 8.79. The van der Waals surface area contributed by atoms with E-state index in [1.54, 1.807) is 7.11 Å². The lowest BCUT2D eigenvalue weighted by Gasteiger charge is -2.11. The van der Waals surface area contributed by atoms with Crippen LogP contribution in [0.1, 0.15) is 24.3 Å². The van der Waals surface area contributed by atoms with Crippen molar-refractivity contribution in [3.8, 4) is 0 Å². The van der Waals surface area contributed by atoms with Crippen molar-refractivity contribution in [2.75, 3.05) is 32.6 Å². The predicted molar refractivity (Wildman–Crippen MR) is 73.9 cm³/mol. The maximum Gasteiger partial charge on any atom is 0.0462 e. The van der Waals surface area contributed by atoms with Gasteiger partial charge in [-0.25, -0.2) is 0 Å². The van der Waals surface area contributed by atoms with Crippen LogP contribution in [0.3, 0.4) is 0 Å². The number of methoxy groups -OCH3 is 1. The quantitative estimate of drug-likeness (QED) is 0.753. The van der Waals surface area contributed by atoms with Crippen molar-refractivity contribution in [3.05, 3.63) is 29.8 Å². The fourth-order valence-electron chi connectivity index (χ4n) is 2.17. The molecule has 94 valence electrons. The molecule has 1 aliphatic heterocycles. The molecule has 1 heterocycles. The van der Waals surface area contributed by atoms with Gasteiger partial charge in [0.1, 0.15) is 0 Å². The molecule has 0 bridgehead atoms. The minimum absolute atomic E-state index is 0.693. The summed E-state index contributed by atoms with van der Waals surface area (Å²) in [5.74, 6) is 1.92. The van der Waals surface area contributed by atoms with Crippen LogP contribution in [0, 0.1) is 0 Å². The van der Waals surface area contributed by atoms with Gasteiger partial charge in [0.2, 0.25) is 0 Å². The van der Waals surface area contributed by atoms with Crippen molar-refractivity contribution < 1.29 is 4.74 Å². The van der Waals surface area contributed by atoms with Gasteiger partial charge in [0, 0.05) is 36.8 Å². The zero-order valence-electron chi connectivity index (χ0n) is 10.4. The van der Waals surface area contributed by atoms with Crippen molar-refractivity contribution in [1.82, 2.24) is 5.32 Å². The third-order valence-corrected chi connectivity index (χ3v) is 4.39. The minimum atomic E-state index is 0.693. The number of nitrogens with one attached hydrogen (secondary N) is 1. The molecule has 0 radical (unpaired) electrons. The number of thioether (sulfide) groups is 1. The molecule has 1 N–H and O–H groups in total. The molecule has 0 spiro atoms. The van der Waals surface area contributed by atoms with Crippen molar-refractivity contribution in [2.24, 2.45) is 0 Å². The third kappa shape index (κ3) is 3.73. The van der Waals surface area contributed by atoms with Crippen molar-refractivity contribution in [2.45, 2.75) is 23.7 Å². The van der Waals surface area contributed by atoms with Gasteiger partial charge in [-0.3, -0.25) is 0 Å². The molecule has 17 heavy (non-hydrogen) atoms. The van der Waals surface area contributed by atoms with Crippen LogP contribution in [0.25, 0.3) is 0 Å². The van der Waals surface area contributed by atoms with Gasteiger partial charge in [0.25, 0.3) is 0 Å². The highest BCUT2D eigenvalue weighted by molar-refractivity contribution is 7.99. The van der Waals surface area contributed by atoms with Crippen molar-refractivity contribution >= 4 is 11.8 Å². The first-order valence-corrected chi connectivity index (χ1v) is 7.31. The van der Waals surface area contributed by atoms with E-state index in [4.69, 9.17) is 4.74 Å². The second kappa shape index (κ2) is 7.04. The summed E-state index contributed by atoms with van der Waals surface area (Å²) < 4.78 is 5.04. The maximum absolute atomic E-state index is 5.04. The number of rotatable bonds is 7. The predicted octanol–water partition coefficient (Wildman–Crippen LogP) is 2.89. The van der Waals surface area contributed by atoms with Crippen LogP contribution in [0.5, 0.6) is 0 Å². The fourth-order valence-corrected chi connectivity index (χ4v) is 3.43. The largest absolute Gasteiger partial charge is 0.385 e. The lowest BCUT2D eigenvalue weighted by atomic mass is 10.0. The Bertz CT molecular complexity index is 343. The molecule has 0 aliphatic carbocycles. The standard InChI is InChI=1S/C14H21NOS/c1-16-9-5-4-8-15-10-12-11-17-14-7-3-2-6-13(12)14/h2-3,6-7,12,15H,4-5,8-11H2,1H3. The zero-order valence-corrected chi connectivity index (χ0v) is 11.3. The van der Waals surface area contributed by atoms with E-state index in [-0.39, 0.29) is 0 Å². The first-order valence-electron chi connectivity index (χ1n) is 6.33. The number of hydrogen-bond acceptors (Lipinski definition) is 3. The molecule has 2 nitrogen and oxygen atoms in total. The van der Waals surface area contributed by atoms with Gasteiger partial charge in [-0.1, -0.05) is 18.2 Å². The molecule has 1 aromatic carbocycles. The highest BCUT2D eigenvalue weighted by atomic mass is 32.2. The first kappa shape index (κ1) is 12.9. The van der Waals surface area contributed by atoms with Gasteiger partial charge in [-0.15, -0.1) is 11.8 Å². The Labute approximate surface area is 108 Å². The number of benzene rings is 1. The van der Waals surface area contributed by atoms with E-state index >= 15 is 0 Å². The Kier molecular flexibility index (Phi) is 5.36. The molecule has 0 fully saturated rings. The van der Waals surface area contributed by atoms with Crippen LogP contribution < -0.4 is 5.32 Å². The SMILES string of the molecule is COCCCCNCC1CSc2ccccc21. The lowest BCUT2D eigenvalue weighted by Crippen LogP contribution is -2.22. The minimum Gasteiger partial charge on any atom is -0.385 e. The summed E-state index contributed by atoms with van der Waals surface area (Å²) in [7, 11) is 1.76. The Balaban J connectivity index is 1.68. The Morgan fingerprint density at radius 2 is 2.24 bits per heavy atom. The molecule has 1 aromatic rings. The van der Waals surface area contributed by atoms with Crippen LogP contribution >= 0.6 is 11.8 Å². The average molecular weight is 251 g/mol. The van der Waals surface area contributed by atoms with Gasteiger partial charge in [-0.2, -0.15) is 0 Å². The van der Waals surface area contributed by atoms with Gasteiger partial charge in [0.05, 0.1) is 0 Å². The number of hydrogen-bond donors (Lipinski definition) is 1. The molecule has 0 saturated heterocycles. The van der Waals surface area contributed by atoms with E-state index in [2.05, 4.69) is 29.6 Å². The molecule has 0 aromatic heterocycles. The number of ether oxygens (including phenoxy) is 1. The van der Waals surface area contributed by atoms with E-state index in [1.807, 2.05) is 11.8 Å². The van der Waals surface area contributed by atoms with Crippen molar-refractivity contribution in [1.29, 1.82) is 0 Å². The van der Waals surface area contributed by atoms with Crippen LogP contribution in [0.2, 0.25) is 0 Å². The van der Waals surface area contributed by atoms with E-state index in [9.17, 15) is 0 Å². The Morgan fingerprint density at radius 3 is 3.12 bits per heavy atom. The Morgan fingerprint density at radius 1 is 1.35 bits per heavy atom. The van der Waals surface area contributed by atoms with Crippen molar-refractivity contribution in [3.63, 3.8) is 0 Å². The van der Waals surface area contributed by atoms with Crippen LogP contribution in [0.4, 0.5) is 0 Å². The molecule has 1 unspecified atom stereocenters. The zero-order chi connectivity index (χ0) is 11.9. The smallest absolute Gasteiger partial charge is 0.0462 e. The van der Waals surface area contributed by atoms with Crippen LogP contribution in [0.15, 0.2) is 29.2 Å². The maximum atomic E-state index is 5.04.